The van der Waals surface area contributed by atoms with E-state index in [2.05, 4.69) is 0 Å². The molecule has 72 valence electrons. The van der Waals surface area contributed by atoms with Crippen LogP contribution in [0.1, 0.15) is 11.1 Å². The fraction of sp³-hybridized carbons (Fsp3) is 0.333. The maximum atomic E-state index is 11.2. The van der Waals surface area contributed by atoms with Gasteiger partial charge in [0, 0.05) is 11.8 Å². The SMILES string of the molecule is Cc1ccc(S(C)(=O)=O)c(C)c1O. The van der Waals surface area contributed by atoms with Gasteiger partial charge in [-0.15, -0.1) is 0 Å². The average molecular weight is 200 g/mol. The second-order valence-electron chi connectivity index (χ2n) is 3.13. The second-order valence-corrected chi connectivity index (χ2v) is 5.11. The third kappa shape index (κ3) is 1.83. The van der Waals surface area contributed by atoms with E-state index in [9.17, 15) is 13.5 Å². The van der Waals surface area contributed by atoms with Crippen LogP contribution in [0.5, 0.6) is 5.75 Å². The van der Waals surface area contributed by atoms with Crippen molar-refractivity contribution >= 4 is 9.84 Å². The largest absolute Gasteiger partial charge is 0.507 e. The summed E-state index contributed by atoms with van der Waals surface area (Å²) in [6, 6.07) is 3.11. The summed E-state index contributed by atoms with van der Waals surface area (Å²) in [5.74, 6) is 0.0583. The molecule has 0 heterocycles. The number of aryl methyl sites for hydroxylation is 1. The zero-order chi connectivity index (χ0) is 10.2. The Bertz CT molecular complexity index is 432. The molecule has 0 aromatic heterocycles. The van der Waals surface area contributed by atoms with E-state index in [1.807, 2.05) is 0 Å². The fourth-order valence-electron chi connectivity index (χ4n) is 1.22. The average Bonchev–Trinajstić information content (AvgIpc) is 1.98. The van der Waals surface area contributed by atoms with Crippen LogP contribution >= 0.6 is 0 Å². The molecule has 0 saturated heterocycles. The van der Waals surface area contributed by atoms with Crippen LogP contribution in [0, 0.1) is 13.8 Å². The number of rotatable bonds is 1. The lowest BCUT2D eigenvalue weighted by atomic mass is 10.1. The highest BCUT2D eigenvalue weighted by molar-refractivity contribution is 7.90. The number of sulfone groups is 1. The van der Waals surface area contributed by atoms with Crippen molar-refractivity contribution in [1.29, 1.82) is 0 Å². The molecule has 0 aliphatic rings. The molecule has 0 amide bonds. The van der Waals surface area contributed by atoms with Crippen LogP contribution in [-0.2, 0) is 9.84 Å². The molecule has 0 fully saturated rings. The number of hydrogen-bond donors (Lipinski definition) is 1. The van der Waals surface area contributed by atoms with Gasteiger partial charge in [-0.2, -0.15) is 0 Å². The van der Waals surface area contributed by atoms with Crippen molar-refractivity contribution in [3.63, 3.8) is 0 Å². The van der Waals surface area contributed by atoms with Gasteiger partial charge in [0.05, 0.1) is 4.90 Å². The third-order valence-electron chi connectivity index (χ3n) is 1.98. The fourth-order valence-corrected chi connectivity index (χ4v) is 2.19. The number of phenolic OH excluding ortho intramolecular Hbond substituents is 1. The standard InChI is InChI=1S/C9H12O3S/c1-6-4-5-8(13(3,11)12)7(2)9(6)10/h4-5,10H,1-3H3. The van der Waals surface area contributed by atoms with Crippen LogP contribution in [0.2, 0.25) is 0 Å². The van der Waals surface area contributed by atoms with Gasteiger partial charge in [-0.1, -0.05) is 6.07 Å². The molecule has 0 atom stereocenters. The molecule has 0 unspecified atom stereocenters. The maximum Gasteiger partial charge on any atom is 0.175 e. The first-order valence-electron chi connectivity index (χ1n) is 3.83. The molecular weight excluding hydrogens is 188 g/mol. The van der Waals surface area contributed by atoms with Gasteiger partial charge in [-0.25, -0.2) is 8.42 Å². The molecule has 0 saturated carbocycles. The Kier molecular flexibility index (Phi) is 2.34. The first kappa shape index (κ1) is 10.1. The Morgan fingerprint density at radius 2 is 1.77 bits per heavy atom. The first-order chi connectivity index (χ1) is 5.84. The lowest BCUT2D eigenvalue weighted by molar-refractivity contribution is 0.464. The maximum absolute atomic E-state index is 11.2. The third-order valence-corrected chi connectivity index (χ3v) is 3.22. The summed E-state index contributed by atoms with van der Waals surface area (Å²) in [7, 11) is -3.23. The molecule has 1 aromatic rings. The van der Waals surface area contributed by atoms with Crippen molar-refractivity contribution in [3.05, 3.63) is 23.3 Å². The molecule has 3 nitrogen and oxygen atoms in total. The highest BCUT2D eigenvalue weighted by atomic mass is 32.2. The lowest BCUT2D eigenvalue weighted by Crippen LogP contribution is -2.00. The predicted molar refractivity (Wildman–Crippen MR) is 50.7 cm³/mol. The Morgan fingerprint density at radius 3 is 2.23 bits per heavy atom. The molecule has 1 rings (SSSR count). The van der Waals surface area contributed by atoms with Gasteiger partial charge in [-0.3, -0.25) is 0 Å². The minimum atomic E-state index is -3.23. The molecule has 4 heteroatoms. The second kappa shape index (κ2) is 3.03. The molecule has 0 aliphatic heterocycles. The van der Waals surface area contributed by atoms with Crippen LogP contribution in [0.15, 0.2) is 17.0 Å². The van der Waals surface area contributed by atoms with Gasteiger partial charge >= 0.3 is 0 Å². The predicted octanol–water partition coefficient (Wildman–Crippen LogP) is 1.41. The summed E-state index contributed by atoms with van der Waals surface area (Å²) in [5.41, 5.74) is 1.10. The molecular formula is C9H12O3S. The van der Waals surface area contributed by atoms with Crippen LogP contribution in [0.3, 0.4) is 0 Å². The zero-order valence-electron chi connectivity index (χ0n) is 7.83. The van der Waals surface area contributed by atoms with E-state index in [1.165, 1.54) is 6.07 Å². The van der Waals surface area contributed by atoms with Crippen molar-refractivity contribution in [1.82, 2.24) is 0 Å². The molecule has 13 heavy (non-hydrogen) atoms. The number of phenols is 1. The summed E-state index contributed by atoms with van der Waals surface area (Å²) in [6.45, 7) is 3.33. The van der Waals surface area contributed by atoms with Gasteiger partial charge in [0.2, 0.25) is 0 Å². The Labute approximate surface area is 77.9 Å². The summed E-state index contributed by atoms with van der Waals surface area (Å²) < 4.78 is 22.4. The van der Waals surface area contributed by atoms with Gasteiger partial charge in [0.1, 0.15) is 5.75 Å². The smallest absolute Gasteiger partial charge is 0.175 e. The van der Waals surface area contributed by atoms with E-state index >= 15 is 0 Å². The van der Waals surface area contributed by atoms with Gasteiger partial charge in [-0.05, 0) is 25.5 Å². The number of aromatic hydroxyl groups is 1. The Hall–Kier alpha value is -1.03. The van der Waals surface area contributed by atoms with E-state index in [0.717, 1.165) is 6.26 Å². The summed E-state index contributed by atoms with van der Waals surface area (Å²) in [5, 5.41) is 9.49. The number of hydrogen-bond acceptors (Lipinski definition) is 3. The zero-order valence-corrected chi connectivity index (χ0v) is 8.64. The molecule has 1 aromatic carbocycles. The summed E-state index contributed by atoms with van der Waals surface area (Å²) >= 11 is 0. The van der Waals surface area contributed by atoms with Crippen molar-refractivity contribution in [2.24, 2.45) is 0 Å². The Balaban J connectivity index is 3.53. The van der Waals surface area contributed by atoms with Crippen LogP contribution in [-0.4, -0.2) is 19.8 Å². The van der Waals surface area contributed by atoms with E-state index in [-0.39, 0.29) is 10.6 Å². The minimum absolute atomic E-state index is 0.0583. The highest BCUT2D eigenvalue weighted by Crippen LogP contribution is 2.27. The molecule has 0 aliphatic carbocycles. The molecule has 0 radical (unpaired) electrons. The van der Waals surface area contributed by atoms with Gasteiger partial charge in [0.25, 0.3) is 0 Å². The van der Waals surface area contributed by atoms with E-state index in [4.69, 9.17) is 0 Å². The van der Waals surface area contributed by atoms with Gasteiger partial charge in [0.15, 0.2) is 9.84 Å². The molecule has 0 bridgehead atoms. The van der Waals surface area contributed by atoms with Crippen molar-refractivity contribution < 1.29 is 13.5 Å². The normalized spacial score (nSPS) is 11.6. The minimum Gasteiger partial charge on any atom is -0.507 e. The van der Waals surface area contributed by atoms with Crippen molar-refractivity contribution in [2.45, 2.75) is 18.7 Å². The highest BCUT2D eigenvalue weighted by Gasteiger charge is 2.14. The van der Waals surface area contributed by atoms with Crippen molar-refractivity contribution in [3.8, 4) is 5.75 Å². The van der Waals surface area contributed by atoms with Crippen LogP contribution in [0.4, 0.5) is 0 Å². The van der Waals surface area contributed by atoms with Crippen LogP contribution < -0.4 is 0 Å². The lowest BCUT2D eigenvalue weighted by Gasteiger charge is -2.07. The van der Waals surface area contributed by atoms with E-state index in [1.54, 1.807) is 19.9 Å². The summed E-state index contributed by atoms with van der Waals surface area (Å²) in [6.07, 6.45) is 1.13. The monoisotopic (exact) mass is 200 g/mol. The number of benzene rings is 1. The van der Waals surface area contributed by atoms with E-state index < -0.39 is 9.84 Å². The quantitative estimate of drug-likeness (QED) is 0.745. The summed E-state index contributed by atoms with van der Waals surface area (Å²) in [4.78, 5) is 0.190. The van der Waals surface area contributed by atoms with Gasteiger partial charge < -0.3 is 5.11 Å². The van der Waals surface area contributed by atoms with E-state index in [0.29, 0.717) is 11.1 Å². The Morgan fingerprint density at radius 1 is 1.23 bits per heavy atom. The topological polar surface area (TPSA) is 54.4 Å². The molecule has 1 N–H and O–H groups in total. The van der Waals surface area contributed by atoms with Crippen molar-refractivity contribution in [2.75, 3.05) is 6.26 Å². The first-order valence-corrected chi connectivity index (χ1v) is 5.72. The molecule has 0 spiro atoms. The van der Waals surface area contributed by atoms with Crippen LogP contribution in [0.25, 0.3) is 0 Å².